The van der Waals surface area contributed by atoms with Crippen LogP contribution in [0.5, 0.6) is 5.75 Å². The summed E-state index contributed by atoms with van der Waals surface area (Å²) in [6.07, 6.45) is -4.44. The van der Waals surface area contributed by atoms with Crippen LogP contribution < -0.4 is 15.4 Å². The second-order valence-electron chi connectivity index (χ2n) is 8.29. The van der Waals surface area contributed by atoms with Gasteiger partial charge in [0.1, 0.15) is 11.3 Å². The Bertz CT molecular complexity index is 1180. The Labute approximate surface area is 192 Å². The molecular formula is C23H20F3N3O5. The van der Waals surface area contributed by atoms with Crippen LogP contribution in [0.3, 0.4) is 0 Å². The van der Waals surface area contributed by atoms with Crippen LogP contribution >= 0.6 is 0 Å². The third-order valence-electron chi connectivity index (χ3n) is 5.95. The molecule has 8 nitrogen and oxygen atoms in total. The number of piperidine rings is 1. The number of nitrogens with one attached hydrogen (secondary N) is 2. The smallest absolute Gasteiger partial charge is 0.406 e. The van der Waals surface area contributed by atoms with Crippen LogP contribution in [0.2, 0.25) is 0 Å². The lowest BCUT2D eigenvalue weighted by Crippen LogP contribution is -2.61. The molecule has 0 spiro atoms. The van der Waals surface area contributed by atoms with Gasteiger partial charge in [-0.15, -0.1) is 13.2 Å². The van der Waals surface area contributed by atoms with Crippen molar-refractivity contribution >= 4 is 23.6 Å². The summed E-state index contributed by atoms with van der Waals surface area (Å²) in [7, 11) is 0. The lowest BCUT2D eigenvalue weighted by atomic mass is 9.89. The highest BCUT2D eigenvalue weighted by Gasteiger charge is 2.48. The molecule has 0 aliphatic carbocycles. The number of carbonyl (C=O) groups is 4. The number of imide groups is 1. The molecule has 4 rings (SSSR count). The molecule has 2 N–H and O–H groups in total. The van der Waals surface area contributed by atoms with Crippen molar-refractivity contribution in [2.24, 2.45) is 0 Å². The maximum Gasteiger partial charge on any atom is 0.573 e. The van der Waals surface area contributed by atoms with E-state index >= 15 is 0 Å². The summed E-state index contributed by atoms with van der Waals surface area (Å²) < 4.78 is 40.5. The number of rotatable bonds is 5. The van der Waals surface area contributed by atoms with Gasteiger partial charge in [-0.25, -0.2) is 0 Å². The zero-order valence-corrected chi connectivity index (χ0v) is 18.0. The Hall–Kier alpha value is -3.89. The van der Waals surface area contributed by atoms with Gasteiger partial charge >= 0.3 is 6.36 Å². The average molecular weight is 475 g/mol. The summed E-state index contributed by atoms with van der Waals surface area (Å²) in [5, 5.41) is 4.96. The van der Waals surface area contributed by atoms with Crippen molar-refractivity contribution in [1.82, 2.24) is 15.5 Å². The van der Waals surface area contributed by atoms with E-state index in [1.807, 2.05) is 0 Å². The number of ether oxygens (including phenoxy) is 1. The van der Waals surface area contributed by atoms with Crippen LogP contribution in [0.4, 0.5) is 13.2 Å². The van der Waals surface area contributed by atoms with Gasteiger partial charge in [-0.2, -0.15) is 0 Å². The normalized spacial score (nSPS) is 20.1. The van der Waals surface area contributed by atoms with E-state index in [0.717, 1.165) is 12.1 Å². The molecule has 178 valence electrons. The van der Waals surface area contributed by atoms with Crippen molar-refractivity contribution < 1.29 is 37.1 Å². The lowest BCUT2D eigenvalue weighted by molar-refractivity contribution is -0.274. The number of amides is 4. The first-order valence-electron chi connectivity index (χ1n) is 10.4. The Balaban J connectivity index is 1.41. The molecule has 0 radical (unpaired) electrons. The number of fused-ring (bicyclic) bond motifs is 1. The molecule has 1 unspecified atom stereocenters. The first-order chi connectivity index (χ1) is 16.0. The van der Waals surface area contributed by atoms with Crippen LogP contribution in [0.15, 0.2) is 42.5 Å². The fourth-order valence-electron chi connectivity index (χ4n) is 4.03. The Morgan fingerprint density at radius 3 is 2.50 bits per heavy atom. The minimum Gasteiger partial charge on any atom is -0.406 e. The molecule has 1 saturated heterocycles. The van der Waals surface area contributed by atoms with E-state index in [2.05, 4.69) is 15.4 Å². The lowest BCUT2D eigenvalue weighted by Gasteiger charge is -2.39. The predicted molar refractivity (Wildman–Crippen MR) is 111 cm³/mol. The molecule has 1 atom stereocenters. The van der Waals surface area contributed by atoms with E-state index in [4.69, 9.17) is 0 Å². The summed E-state index contributed by atoms with van der Waals surface area (Å²) in [6.45, 7) is 1.94. The minimum absolute atomic E-state index is 0.118. The van der Waals surface area contributed by atoms with Crippen molar-refractivity contribution in [2.45, 2.75) is 44.8 Å². The highest BCUT2D eigenvalue weighted by molar-refractivity contribution is 6.07. The number of halogens is 3. The van der Waals surface area contributed by atoms with Crippen molar-refractivity contribution in [3.8, 4) is 5.75 Å². The fraction of sp³-hybridized carbons (Fsp3) is 0.304. The topological polar surface area (TPSA) is 105 Å². The molecule has 11 heteroatoms. The molecule has 2 aromatic rings. The quantitative estimate of drug-likeness (QED) is 0.647. The van der Waals surface area contributed by atoms with Gasteiger partial charge in [0.25, 0.3) is 17.7 Å². The molecular weight excluding hydrogens is 455 g/mol. The van der Waals surface area contributed by atoms with Crippen LogP contribution in [0.1, 0.15) is 51.6 Å². The highest BCUT2D eigenvalue weighted by Crippen LogP contribution is 2.34. The molecule has 2 aliphatic heterocycles. The number of hydrogen-bond donors (Lipinski definition) is 2. The van der Waals surface area contributed by atoms with Crippen LogP contribution in [-0.2, 0) is 22.7 Å². The summed E-state index contributed by atoms with van der Waals surface area (Å²) in [5.41, 5.74) is 0.855. The third kappa shape index (κ3) is 4.59. The van der Waals surface area contributed by atoms with Gasteiger partial charge in [0.05, 0.1) is 0 Å². The highest BCUT2D eigenvalue weighted by atomic mass is 19.4. The van der Waals surface area contributed by atoms with Crippen LogP contribution in [0, 0.1) is 0 Å². The SMILES string of the molecule is CC1(N2Cc3cc(CNC(=O)c4ccc(OC(F)(F)F)cc4)ccc3C2=O)CCC(=O)NC1=O. The summed E-state index contributed by atoms with van der Waals surface area (Å²) in [5.74, 6) is -2.11. The molecule has 2 heterocycles. The van der Waals surface area contributed by atoms with Crippen molar-refractivity contribution in [1.29, 1.82) is 0 Å². The summed E-state index contributed by atoms with van der Waals surface area (Å²) in [4.78, 5) is 50.7. The zero-order chi connectivity index (χ0) is 24.7. The molecule has 4 amide bonds. The largest absolute Gasteiger partial charge is 0.573 e. The predicted octanol–water partition coefficient (Wildman–Crippen LogP) is 2.67. The second-order valence-corrected chi connectivity index (χ2v) is 8.29. The van der Waals surface area contributed by atoms with Gasteiger partial charge in [-0.1, -0.05) is 12.1 Å². The fourth-order valence-corrected chi connectivity index (χ4v) is 4.03. The molecule has 0 bridgehead atoms. The van der Waals surface area contributed by atoms with Gasteiger partial charge in [-0.05, 0) is 54.8 Å². The summed E-state index contributed by atoms with van der Waals surface area (Å²) >= 11 is 0. The Morgan fingerprint density at radius 2 is 1.85 bits per heavy atom. The average Bonchev–Trinajstić information content (AvgIpc) is 3.11. The van der Waals surface area contributed by atoms with E-state index < -0.39 is 29.5 Å². The van der Waals surface area contributed by atoms with Crippen molar-refractivity contribution in [3.05, 3.63) is 64.7 Å². The van der Waals surface area contributed by atoms with E-state index in [1.165, 1.54) is 17.0 Å². The van der Waals surface area contributed by atoms with Crippen molar-refractivity contribution in [2.75, 3.05) is 0 Å². The Morgan fingerprint density at radius 1 is 1.15 bits per heavy atom. The maximum absolute atomic E-state index is 12.9. The third-order valence-corrected chi connectivity index (χ3v) is 5.95. The molecule has 2 aliphatic rings. The van der Waals surface area contributed by atoms with Crippen molar-refractivity contribution in [3.63, 3.8) is 0 Å². The molecule has 2 aromatic carbocycles. The molecule has 0 saturated carbocycles. The summed E-state index contributed by atoms with van der Waals surface area (Å²) in [6, 6.07) is 9.59. The van der Waals surface area contributed by atoms with Gasteiger partial charge in [-0.3, -0.25) is 24.5 Å². The number of carbonyl (C=O) groups excluding carboxylic acids is 4. The molecule has 1 fully saturated rings. The molecule has 0 aromatic heterocycles. The number of alkyl halides is 3. The van der Waals surface area contributed by atoms with Gasteiger partial charge in [0.15, 0.2) is 0 Å². The van der Waals surface area contributed by atoms with E-state index in [-0.39, 0.29) is 43.3 Å². The first kappa shape index (κ1) is 23.3. The van der Waals surface area contributed by atoms with Gasteiger partial charge in [0.2, 0.25) is 5.91 Å². The molecule has 34 heavy (non-hydrogen) atoms. The Kier molecular flexibility index (Phi) is 5.80. The standard InChI is InChI=1S/C23H20F3N3O5/c1-22(9-8-18(30)28-21(22)33)29-12-15-10-13(2-7-17(15)20(29)32)11-27-19(31)14-3-5-16(6-4-14)34-23(24,25)26/h2-7,10H,8-9,11-12H2,1H3,(H,27,31)(H,28,30,33). The van der Waals surface area contributed by atoms with Crippen LogP contribution in [-0.4, -0.2) is 40.4 Å². The zero-order valence-electron chi connectivity index (χ0n) is 18.0. The van der Waals surface area contributed by atoms with E-state index in [0.29, 0.717) is 16.7 Å². The number of hydrogen-bond acceptors (Lipinski definition) is 5. The minimum atomic E-state index is -4.82. The number of nitrogens with zero attached hydrogens (tertiary/aromatic N) is 1. The van der Waals surface area contributed by atoms with Gasteiger partial charge < -0.3 is 15.0 Å². The van der Waals surface area contributed by atoms with E-state index in [9.17, 15) is 32.3 Å². The monoisotopic (exact) mass is 475 g/mol. The first-order valence-corrected chi connectivity index (χ1v) is 10.4. The van der Waals surface area contributed by atoms with E-state index in [1.54, 1.807) is 25.1 Å². The van der Waals surface area contributed by atoms with Gasteiger partial charge in [0, 0.05) is 30.6 Å². The maximum atomic E-state index is 12.9. The second kappa shape index (κ2) is 8.47. The van der Waals surface area contributed by atoms with Crippen LogP contribution in [0.25, 0.3) is 0 Å². The number of benzene rings is 2.